The summed E-state index contributed by atoms with van der Waals surface area (Å²) in [6, 6.07) is 2.37. The molecule has 1 aromatic heterocycles. The Hall–Kier alpha value is -0.290. The summed E-state index contributed by atoms with van der Waals surface area (Å²) in [6.45, 7) is 7.66. The third-order valence-corrected chi connectivity index (χ3v) is 4.57. The van der Waals surface area contributed by atoms with Crippen LogP contribution in [0.15, 0.2) is 11.4 Å². The molecule has 5 heteroatoms. The molecule has 1 fully saturated rings. The summed E-state index contributed by atoms with van der Waals surface area (Å²) >= 11 is 1.77. The number of hydrogen-bond donors (Lipinski definition) is 1. The summed E-state index contributed by atoms with van der Waals surface area (Å²) in [7, 11) is 1.74. The Morgan fingerprint density at radius 3 is 2.89 bits per heavy atom. The van der Waals surface area contributed by atoms with Crippen LogP contribution in [0.2, 0.25) is 0 Å². The highest BCUT2D eigenvalue weighted by atomic mass is 35.5. The molecular weight excluding hydrogens is 268 g/mol. The van der Waals surface area contributed by atoms with Crippen LogP contribution in [-0.4, -0.2) is 31.1 Å². The number of likely N-dealkylation sites (tertiary alicyclic amines) is 1. The van der Waals surface area contributed by atoms with Gasteiger partial charge in [-0.15, -0.1) is 23.7 Å². The molecule has 104 valence electrons. The predicted molar refractivity (Wildman–Crippen MR) is 79.8 cm³/mol. The Morgan fingerprint density at radius 2 is 2.28 bits per heavy atom. The number of piperidine rings is 1. The first kappa shape index (κ1) is 15.8. The molecule has 1 saturated heterocycles. The third kappa shape index (κ3) is 3.38. The second-order valence-electron chi connectivity index (χ2n) is 5.51. The van der Waals surface area contributed by atoms with E-state index in [4.69, 9.17) is 10.5 Å². The third-order valence-electron chi connectivity index (χ3n) is 3.68. The second-order valence-corrected chi connectivity index (χ2v) is 6.51. The van der Waals surface area contributed by atoms with E-state index in [-0.39, 0.29) is 17.8 Å². The van der Waals surface area contributed by atoms with Crippen molar-refractivity contribution in [1.82, 2.24) is 4.90 Å². The molecule has 2 heterocycles. The zero-order chi connectivity index (χ0) is 12.5. The Morgan fingerprint density at radius 1 is 1.56 bits per heavy atom. The number of ether oxygens (including phenoxy) is 1. The van der Waals surface area contributed by atoms with E-state index in [1.165, 1.54) is 4.88 Å². The van der Waals surface area contributed by atoms with Gasteiger partial charge in [-0.2, -0.15) is 0 Å². The van der Waals surface area contributed by atoms with Crippen LogP contribution in [0.25, 0.3) is 0 Å². The number of hydrogen-bond acceptors (Lipinski definition) is 4. The van der Waals surface area contributed by atoms with Crippen molar-refractivity contribution in [2.75, 3.05) is 20.2 Å². The standard InChI is InChI=1S/C13H22N2OS.ClH/c1-13(2)9-15(6-4-12(13)14)8-11-10(16-3)5-7-17-11;/h5,7,12H,4,6,8-9,14H2,1-3H3;1H. The molecule has 1 aliphatic heterocycles. The predicted octanol–water partition coefficient (Wildman–Crippen LogP) is 2.74. The van der Waals surface area contributed by atoms with Gasteiger partial charge in [0.05, 0.1) is 12.0 Å². The van der Waals surface area contributed by atoms with Crippen LogP contribution in [0.4, 0.5) is 0 Å². The van der Waals surface area contributed by atoms with E-state index >= 15 is 0 Å². The lowest BCUT2D eigenvalue weighted by atomic mass is 9.80. The van der Waals surface area contributed by atoms with Crippen LogP contribution < -0.4 is 10.5 Å². The molecular formula is C13H23ClN2OS. The lowest BCUT2D eigenvalue weighted by Crippen LogP contribution is -2.51. The van der Waals surface area contributed by atoms with Crippen LogP contribution in [0.5, 0.6) is 5.75 Å². The Balaban J connectivity index is 0.00000162. The van der Waals surface area contributed by atoms with Gasteiger partial charge in [-0.3, -0.25) is 4.90 Å². The van der Waals surface area contributed by atoms with Crippen LogP contribution in [0, 0.1) is 5.41 Å². The normalized spacial score (nSPS) is 23.4. The number of thiophene rings is 1. The van der Waals surface area contributed by atoms with Gasteiger partial charge in [0.15, 0.2) is 0 Å². The molecule has 1 aliphatic rings. The minimum Gasteiger partial charge on any atom is -0.496 e. The van der Waals surface area contributed by atoms with Gasteiger partial charge in [0, 0.05) is 25.7 Å². The molecule has 2 N–H and O–H groups in total. The average Bonchev–Trinajstić information content (AvgIpc) is 2.70. The number of nitrogens with two attached hydrogens (primary N) is 1. The highest BCUT2D eigenvalue weighted by Crippen LogP contribution is 2.31. The van der Waals surface area contributed by atoms with E-state index in [0.29, 0.717) is 6.04 Å². The molecule has 3 nitrogen and oxygen atoms in total. The quantitative estimate of drug-likeness (QED) is 0.930. The highest BCUT2D eigenvalue weighted by molar-refractivity contribution is 7.10. The van der Waals surface area contributed by atoms with Crippen molar-refractivity contribution < 1.29 is 4.74 Å². The van der Waals surface area contributed by atoms with Crippen LogP contribution in [0.1, 0.15) is 25.1 Å². The molecule has 1 aromatic rings. The molecule has 1 unspecified atom stereocenters. The molecule has 0 saturated carbocycles. The lowest BCUT2D eigenvalue weighted by Gasteiger charge is -2.42. The van der Waals surface area contributed by atoms with Gasteiger partial charge in [0.1, 0.15) is 5.75 Å². The van der Waals surface area contributed by atoms with Crippen molar-refractivity contribution >= 4 is 23.7 Å². The molecule has 0 amide bonds. The number of rotatable bonds is 3. The topological polar surface area (TPSA) is 38.5 Å². The zero-order valence-corrected chi connectivity index (χ0v) is 12.9. The Kier molecular flexibility index (Phi) is 5.46. The molecule has 1 atom stereocenters. The minimum absolute atomic E-state index is 0. The first-order chi connectivity index (χ1) is 8.03. The highest BCUT2D eigenvalue weighted by Gasteiger charge is 2.33. The summed E-state index contributed by atoms with van der Waals surface area (Å²) in [5, 5.41) is 2.09. The van der Waals surface area contributed by atoms with Crippen molar-refractivity contribution in [2.24, 2.45) is 11.1 Å². The van der Waals surface area contributed by atoms with Gasteiger partial charge >= 0.3 is 0 Å². The van der Waals surface area contributed by atoms with Gasteiger partial charge in [-0.1, -0.05) is 13.8 Å². The summed E-state index contributed by atoms with van der Waals surface area (Å²) in [5.74, 6) is 1.02. The zero-order valence-electron chi connectivity index (χ0n) is 11.3. The fourth-order valence-electron chi connectivity index (χ4n) is 2.45. The van der Waals surface area contributed by atoms with E-state index in [0.717, 1.165) is 31.8 Å². The molecule has 2 rings (SSSR count). The summed E-state index contributed by atoms with van der Waals surface area (Å²) in [5.41, 5.74) is 6.37. The van der Waals surface area contributed by atoms with Crippen molar-refractivity contribution in [2.45, 2.75) is 32.9 Å². The first-order valence-corrected chi connectivity index (χ1v) is 6.99. The SMILES string of the molecule is COc1ccsc1CN1CCC(N)C(C)(C)C1.Cl. The largest absolute Gasteiger partial charge is 0.496 e. The van der Waals surface area contributed by atoms with E-state index in [1.54, 1.807) is 18.4 Å². The Labute approximate surface area is 120 Å². The minimum atomic E-state index is 0. The number of nitrogens with zero attached hydrogens (tertiary/aromatic N) is 1. The van der Waals surface area contributed by atoms with Crippen molar-refractivity contribution in [3.63, 3.8) is 0 Å². The smallest absolute Gasteiger partial charge is 0.134 e. The first-order valence-electron chi connectivity index (χ1n) is 6.11. The van der Waals surface area contributed by atoms with Gasteiger partial charge in [0.2, 0.25) is 0 Å². The maximum atomic E-state index is 6.16. The van der Waals surface area contributed by atoms with E-state index in [2.05, 4.69) is 24.1 Å². The Bertz CT molecular complexity index is 381. The maximum absolute atomic E-state index is 6.16. The molecule has 18 heavy (non-hydrogen) atoms. The number of halogens is 1. The van der Waals surface area contributed by atoms with E-state index in [9.17, 15) is 0 Å². The van der Waals surface area contributed by atoms with Crippen molar-refractivity contribution in [1.29, 1.82) is 0 Å². The molecule has 0 bridgehead atoms. The summed E-state index contributed by atoms with van der Waals surface area (Å²) in [4.78, 5) is 3.80. The fourth-order valence-corrected chi connectivity index (χ4v) is 3.33. The number of methoxy groups -OCH3 is 1. The van der Waals surface area contributed by atoms with Crippen LogP contribution in [-0.2, 0) is 6.54 Å². The fraction of sp³-hybridized carbons (Fsp3) is 0.692. The molecule has 0 radical (unpaired) electrons. The van der Waals surface area contributed by atoms with Gasteiger partial charge in [0.25, 0.3) is 0 Å². The summed E-state index contributed by atoms with van der Waals surface area (Å²) < 4.78 is 5.36. The van der Waals surface area contributed by atoms with E-state index < -0.39 is 0 Å². The van der Waals surface area contributed by atoms with Crippen molar-refractivity contribution in [3.05, 3.63) is 16.3 Å². The monoisotopic (exact) mass is 290 g/mol. The summed E-state index contributed by atoms with van der Waals surface area (Å²) in [6.07, 6.45) is 1.08. The van der Waals surface area contributed by atoms with Gasteiger partial charge in [-0.05, 0) is 23.3 Å². The average molecular weight is 291 g/mol. The van der Waals surface area contributed by atoms with Gasteiger partial charge in [-0.25, -0.2) is 0 Å². The van der Waals surface area contributed by atoms with Gasteiger partial charge < -0.3 is 10.5 Å². The van der Waals surface area contributed by atoms with Crippen LogP contribution >= 0.6 is 23.7 Å². The van der Waals surface area contributed by atoms with E-state index in [1.807, 2.05) is 6.07 Å². The van der Waals surface area contributed by atoms with Crippen molar-refractivity contribution in [3.8, 4) is 5.75 Å². The second kappa shape index (κ2) is 6.24. The van der Waals surface area contributed by atoms with Crippen LogP contribution in [0.3, 0.4) is 0 Å². The maximum Gasteiger partial charge on any atom is 0.134 e. The molecule has 0 spiro atoms. The lowest BCUT2D eigenvalue weighted by molar-refractivity contribution is 0.0901. The molecule has 0 aromatic carbocycles. The molecule has 0 aliphatic carbocycles.